The third kappa shape index (κ3) is 2.99. The predicted molar refractivity (Wildman–Crippen MR) is 160 cm³/mol. The lowest BCUT2D eigenvalue weighted by Crippen LogP contribution is -2.34. The van der Waals surface area contributed by atoms with E-state index in [9.17, 15) is 0 Å². The van der Waals surface area contributed by atoms with E-state index in [1.807, 2.05) is 0 Å². The van der Waals surface area contributed by atoms with Gasteiger partial charge in [-0.25, -0.2) is 0 Å². The summed E-state index contributed by atoms with van der Waals surface area (Å²) in [5.74, 6) is 0.900. The first-order valence-corrected chi connectivity index (χ1v) is 13.1. The molecular weight excluding hydrogens is 460 g/mol. The molecule has 1 aliphatic heterocycles. The van der Waals surface area contributed by atoms with Crippen LogP contribution >= 0.6 is 0 Å². The van der Waals surface area contributed by atoms with E-state index < -0.39 is 5.60 Å². The Morgan fingerprint density at radius 1 is 0.421 bits per heavy atom. The van der Waals surface area contributed by atoms with Gasteiger partial charge in [-0.2, -0.15) is 0 Å². The zero-order valence-electron chi connectivity index (χ0n) is 20.8. The van der Waals surface area contributed by atoms with Crippen molar-refractivity contribution in [2.75, 3.05) is 0 Å². The minimum absolute atomic E-state index is 0.692. The van der Waals surface area contributed by atoms with Crippen LogP contribution < -0.4 is 4.74 Å². The summed E-state index contributed by atoms with van der Waals surface area (Å²) in [7, 11) is 0. The Kier molecular flexibility index (Phi) is 4.50. The normalized spacial score (nSPS) is 14.1. The highest BCUT2D eigenvalue weighted by Crippen LogP contribution is 2.46. The molecule has 1 heterocycles. The largest absolute Gasteiger partial charge is 0.473 e. The Labute approximate surface area is 221 Å². The zero-order valence-corrected chi connectivity index (χ0v) is 20.8. The number of benzene rings is 7. The fourth-order valence-electron chi connectivity index (χ4n) is 6.25. The average molecular weight is 485 g/mol. The Balaban J connectivity index is 1.47. The van der Waals surface area contributed by atoms with Gasteiger partial charge in [-0.15, -0.1) is 0 Å². The second kappa shape index (κ2) is 8.06. The second-order valence-electron chi connectivity index (χ2n) is 10.1. The highest BCUT2D eigenvalue weighted by molar-refractivity contribution is 6.29. The van der Waals surface area contributed by atoms with Gasteiger partial charge in [-0.05, 0) is 55.9 Å². The zero-order chi connectivity index (χ0) is 25.1. The van der Waals surface area contributed by atoms with Gasteiger partial charge in [0.2, 0.25) is 0 Å². The fourth-order valence-corrected chi connectivity index (χ4v) is 6.25. The summed E-state index contributed by atoms with van der Waals surface area (Å²) in [6.45, 7) is 0. The summed E-state index contributed by atoms with van der Waals surface area (Å²) < 4.78 is 7.06. The van der Waals surface area contributed by atoms with Gasteiger partial charge in [0.15, 0.2) is 5.60 Å². The van der Waals surface area contributed by atoms with Crippen molar-refractivity contribution in [3.63, 3.8) is 0 Å². The first-order chi connectivity index (χ1) is 18.8. The summed E-state index contributed by atoms with van der Waals surface area (Å²) in [5, 5.41) is 10.1. The van der Waals surface area contributed by atoms with Crippen molar-refractivity contribution in [1.82, 2.24) is 0 Å². The van der Waals surface area contributed by atoms with Gasteiger partial charge in [-0.1, -0.05) is 127 Å². The van der Waals surface area contributed by atoms with Crippen LogP contribution in [0.5, 0.6) is 5.75 Å². The SMILES string of the molecule is C1=CC(c2ccccc2)(c2ccccc2)Oc2ccc3ccc4ccc5ccc6ccccc6c5c4c3c21. The van der Waals surface area contributed by atoms with Gasteiger partial charge in [0, 0.05) is 22.1 Å². The monoisotopic (exact) mass is 484 g/mol. The van der Waals surface area contributed by atoms with E-state index in [1.165, 1.54) is 43.1 Å². The second-order valence-corrected chi connectivity index (χ2v) is 10.1. The van der Waals surface area contributed by atoms with Crippen LogP contribution in [0.15, 0.2) is 140 Å². The summed E-state index contributed by atoms with van der Waals surface area (Å²) in [5.41, 5.74) is 2.67. The molecule has 0 aliphatic carbocycles. The highest BCUT2D eigenvalue weighted by Gasteiger charge is 2.37. The first kappa shape index (κ1) is 21.2. The molecule has 0 saturated heterocycles. The van der Waals surface area contributed by atoms with Gasteiger partial charge < -0.3 is 4.74 Å². The van der Waals surface area contributed by atoms with E-state index in [2.05, 4.69) is 146 Å². The molecule has 1 nitrogen and oxygen atoms in total. The van der Waals surface area contributed by atoms with Crippen molar-refractivity contribution in [2.45, 2.75) is 5.60 Å². The first-order valence-electron chi connectivity index (χ1n) is 13.1. The molecule has 7 aromatic carbocycles. The Morgan fingerprint density at radius 2 is 0.947 bits per heavy atom. The molecule has 0 unspecified atom stereocenters. The molecule has 0 fully saturated rings. The minimum Gasteiger partial charge on any atom is -0.473 e. The Bertz CT molecular complexity index is 1990. The highest BCUT2D eigenvalue weighted by atomic mass is 16.5. The molecule has 0 N–H and O–H groups in total. The summed E-state index contributed by atoms with van der Waals surface area (Å²) >= 11 is 0. The van der Waals surface area contributed by atoms with Crippen LogP contribution in [0.25, 0.3) is 49.2 Å². The summed E-state index contributed by atoms with van der Waals surface area (Å²) in [4.78, 5) is 0. The van der Waals surface area contributed by atoms with E-state index in [0.29, 0.717) is 0 Å². The molecular formula is C37H24O. The van der Waals surface area contributed by atoms with Crippen LogP contribution in [0.3, 0.4) is 0 Å². The van der Waals surface area contributed by atoms with Crippen molar-refractivity contribution >= 4 is 49.2 Å². The number of ether oxygens (including phenoxy) is 1. The molecule has 1 aliphatic rings. The quantitative estimate of drug-likeness (QED) is 0.222. The molecule has 0 aromatic heterocycles. The number of hydrogen-bond donors (Lipinski definition) is 0. The Hall–Kier alpha value is -4.88. The molecule has 178 valence electrons. The van der Waals surface area contributed by atoms with Gasteiger partial charge in [0.1, 0.15) is 5.75 Å². The van der Waals surface area contributed by atoms with Crippen molar-refractivity contribution in [2.24, 2.45) is 0 Å². The molecule has 1 heteroatoms. The van der Waals surface area contributed by atoms with Crippen LogP contribution in [-0.2, 0) is 5.60 Å². The summed E-state index contributed by atoms with van der Waals surface area (Å²) in [6.07, 6.45) is 4.52. The minimum atomic E-state index is -0.692. The predicted octanol–water partition coefficient (Wildman–Crippen LogP) is 9.65. The van der Waals surface area contributed by atoms with Crippen molar-refractivity contribution in [1.29, 1.82) is 0 Å². The number of hydrogen-bond acceptors (Lipinski definition) is 1. The molecule has 38 heavy (non-hydrogen) atoms. The summed E-state index contributed by atoms with van der Waals surface area (Å²) in [6, 6.07) is 47.5. The lowest BCUT2D eigenvalue weighted by atomic mass is 9.82. The van der Waals surface area contributed by atoms with Crippen LogP contribution in [0, 0.1) is 0 Å². The molecule has 0 saturated carbocycles. The molecule has 0 spiro atoms. The topological polar surface area (TPSA) is 9.23 Å². The van der Waals surface area contributed by atoms with Gasteiger partial charge >= 0.3 is 0 Å². The van der Waals surface area contributed by atoms with Crippen molar-refractivity contribution in [3.8, 4) is 5.75 Å². The van der Waals surface area contributed by atoms with Crippen LogP contribution in [0.2, 0.25) is 0 Å². The molecule has 0 atom stereocenters. The van der Waals surface area contributed by atoms with E-state index in [1.54, 1.807) is 0 Å². The third-order valence-corrected chi connectivity index (χ3v) is 8.03. The van der Waals surface area contributed by atoms with E-state index in [0.717, 1.165) is 22.4 Å². The molecule has 0 radical (unpaired) electrons. The van der Waals surface area contributed by atoms with Crippen LogP contribution in [0.1, 0.15) is 16.7 Å². The van der Waals surface area contributed by atoms with Gasteiger partial charge in [0.05, 0.1) is 0 Å². The van der Waals surface area contributed by atoms with Crippen LogP contribution in [-0.4, -0.2) is 0 Å². The van der Waals surface area contributed by atoms with Crippen molar-refractivity contribution in [3.05, 3.63) is 156 Å². The third-order valence-electron chi connectivity index (χ3n) is 8.03. The standard InChI is InChI=1S/C37H24O/c1-3-10-29(11-4-1)37(30-12-5-2-6-13-30)24-23-32-33(38-37)22-21-27-18-20-28-19-17-26-16-15-25-9-7-8-14-31(25)34(26)36(28)35(27)32/h1-24H. The van der Waals surface area contributed by atoms with Crippen LogP contribution in [0.4, 0.5) is 0 Å². The average Bonchev–Trinajstić information content (AvgIpc) is 3.00. The van der Waals surface area contributed by atoms with Crippen molar-refractivity contribution < 1.29 is 4.74 Å². The lowest BCUT2D eigenvalue weighted by molar-refractivity contribution is 0.161. The molecule has 8 rings (SSSR count). The maximum absolute atomic E-state index is 7.06. The number of rotatable bonds is 2. The van der Waals surface area contributed by atoms with E-state index in [4.69, 9.17) is 4.74 Å². The van der Waals surface area contributed by atoms with Gasteiger partial charge in [0.25, 0.3) is 0 Å². The maximum atomic E-state index is 7.06. The smallest absolute Gasteiger partial charge is 0.178 e. The lowest BCUT2D eigenvalue weighted by Gasteiger charge is -2.36. The number of fused-ring (bicyclic) bond motifs is 9. The maximum Gasteiger partial charge on any atom is 0.178 e. The molecule has 0 amide bonds. The molecule has 0 bridgehead atoms. The Morgan fingerprint density at radius 3 is 1.63 bits per heavy atom. The van der Waals surface area contributed by atoms with E-state index >= 15 is 0 Å². The van der Waals surface area contributed by atoms with E-state index in [-0.39, 0.29) is 0 Å². The fraction of sp³-hybridized carbons (Fsp3) is 0.0270. The van der Waals surface area contributed by atoms with Gasteiger partial charge in [-0.3, -0.25) is 0 Å². The molecule has 7 aromatic rings.